The second kappa shape index (κ2) is 8.57. The lowest BCUT2D eigenvalue weighted by Crippen LogP contribution is -2.60. The lowest BCUT2D eigenvalue weighted by atomic mass is 9.98. The number of piperazine rings is 1. The van der Waals surface area contributed by atoms with E-state index in [1.54, 1.807) is 0 Å². The van der Waals surface area contributed by atoms with Crippen molar-refractivity contribution >= 4 is 6.09 Å². The minimum Gasteiger partial charge on any atom is -0.444 e. The van der Waals surface area contributed by atoms with Crippen LogP contribution in [0.2, 0.25) is 0 Å². The molecule has 3 rings (SSSR count). The second-order valence-electron chi connectivity index (χ2n) is 8.27. The molecule has 1 amide bonds. The lowest BCUT2D eigenvalue weighted by Gasteiger charge is -2.41. The smallest absolute Gasteiger partial charge is 0.410 e. The summed E-state index contributed by atoms with van der Waals surface area (Å²) in [6.45, 7) is 7.18. The van der Waals surface area contributed by atoms with Gasteiger partial charge in [0.15, 0.2) is 0 Å². The molecule has 0 aromatic heterocycles. The van der Waals surface area contributed by atoms with Gasteiger partial charge < -0.3 is 15.0 Å². The van der Waals surface area contributed by atoms with Gasteiger partial charge in [0.05, 0.1) is 6.04 Å². The summed E-state index contributed by atoms with van der Waals surface area (Å²) in [5.74, 6) is 0. The Morgan fingerprint density at radius 1 is 1.00 bits per heavy atom. The van der Waals surface area contributed by atoms with Crippen LogP contribution in [0.4, 0.5) is 4.79 Å². The number of ether oxygens (including phenoxy) is 1. The first-order chi connectivity index (χ1) is 12.9. The monoisotopic (exact) mass is 366 g/mol. The van der Waals surface area contributed by atoms with E-state index in [1.807, 2.05) is 49.9 Å². The van der Waals surface area contributed by atoms with Crippen LogP contribution in [0, 0.1) is 0 Å². The molecule has 2 atom stereocenters. The van der Waals surface area contributed by atoms with Crippen LogP contribution in [0.15, 0.2) is 60.7 Å². The van der Waals surface area contributed by atoms with Gasteiger partial charge >= 0.3 is 6.09 Å². The maximum Gasteiger partial charge on any atom is 0.410 e. The molecule has 1 aliphatic rings. The molecule has 27 heavy (non-hydrogen) atoms. The largest absolute Gasteiger partial charge is 0.444 e. The van der Waals surface area contributed by atoms with Gasteiger partial charge in [-0.2, -0.15) is 0 Å². The minimum atomic E-state index is -0.492. The normalized spacial score (nSPS) is 20.3. The Hall–Kier alpha value is -2.33. The Morgan fingerprint density at radius 3 is 2.11 bits per heavy atom. The van der Waals surface area contributed by atoms with Crippen LogP contribution in [-0.2, 0) is 17.6 Å². The molecule has 1 heterocycles. The second-order valence-corrected chi connectivity index (χ2v) is 8.27. The van der Waals surface area contributed by atoms with Crippen LogP contribution in [0.5, 0.6) is 0 Å². The average molecular weight is 367 g/mol. The molecule has 1 N–H and O–H groups in total. The van der Waals surface area contributed by atoms with Gasteiger partial charge in [-0.05, 0) is 44.7 Å². The lowest BCUT2D eigenvalue weighted by molar-refractivity contribution is 0.00751. The molecule has 1 saturated heterocycles. The molecule has 4 heteroatoms. The Balaban J connectivity index is 1.72. The predicted molar refractivity (Wildman–Crippen MR) is 109 cm³/mol. The maximum absolute atomic E-state index is 12.9. The van der Waals surface area contributed by atoms with Gasteiger partial charge in [0.1, 0.15) is 5.60 Å². The molecule has 1 aliphatic heterocycles. The van der Waals surface area contributed by atoms with Crippen molar-refractivity contribution in [3.63, 3.8) is 0 Å². The quantitative estimate of drug-likeness (QED) is 0.888. The van der Waals surface area contributed by atoms with E-state index in [2.05, 4.69) is 41.7 Å². The predicted octanol–water partition coefficient (Wildman–Crippen LogP) is 4.05. The number of benzene rings is 2. The average Bonchev–Trinajstić information content (AvgIpc) is 2.63. The van der Waals surface area contributed by atoms with E-state index < -0.39 is 5.60 Å². The third-order valence-electron chi connectivity index (χ3n) is 4.77. The van der Waals surface area contributed by atoms with Crippen LogP contribution < -0.4 is 5.32 Å². The summed E-state index contributed by atoms with van der Waals surface area (Å²) < 4.78 is 5.70. The van der Waals surface area contributed by atoms with Crippen LogP contribution in [0.1, 0.15) is 31.9 Å². The van der Waals surface area contributed by atoms with Gasteiger partial charge in [-0.1, -0.05) is 60.7 Å². The number of rotatable bonds is 4. The summed E-state index contributed by atoms with van der Waals surface area (Å²) in [5.41, 5.74) is 2.02. The third kappa shape index (κ3) is 5.83. The van der Waals surface area contributed by atoms with Crippen molar-refractivity contribution in [1.29, 1.82) is 0 Å². The molecule has 2 aromatic rings. The van der Waals surface area contributed by atoms with Gasteiger partial charge in [-0.15, -0.1) is 0 Å². The van der Waals surface area contributed by atoms with E-state index >= 15 is 0 Å². The molecule has 1 fully saturated rings. The first kappa shape index (κ1) is 19.4. The molecule has 0 bridgehead atoms. The Bertz CT molecular complexity index is 725. The zero-order valence-electron chi connectivity index (χ0n) is 16.5. The number of hydrogen-bond donors (Lipinski definition) is 1. The number of hydrogen-bond acceptors (Lipinski definition) is 3. The first-order valence-corrected chi connectivity index (χ1v) is 9.71. The van der Waals surface area contributed by atoms with E-state index in [9.17, 15) is 4.79 Å². The Kier molecular flexibility index (Phi) is 6.17. The van der Waals surface area contributed by atoms with Crippen LogP contribution in [0.25, 0.3) is 0 Å². The highest BCUT2D eigenvalue weighted by atomic mass is 16.6. The number of carbonyl (C=O) groups is 1. The fourth-order valence-electron chi connectivity index (χ4n) is 3.51. The summed E-state index contributed by atoms with van der Waals surface area (Å²) in [5, 5.41) is 3.64. The summed E-state index contributed by atoms with van der Waals surface area (Å²) in [6, 6.07) is 21.1. The van der Waals surface area contributed by atoms with Crippen molar-refractivity contribution in [2.75, 3.05) is 13.1 Å². The van der Waals surface area contributed by atoms with Crippen molar-refractivity contribution in [2.24, 2.45) is 0 Å². The molecule has 0 aliphatic carbocycles. The van der Waals surface area contributed by atoms with E-state index in [4.69, 9.17) is 4.74 Å². The zero-order chi connectivity index (χ0) is 19.3. The van der Waals surface area contributed by atoms with E-state index in [0.29, 0.717) is 6.54 Å². The molecule has 2 aromatic carbocycles. The molecule has 0 unspecified atom stereocenters. The first-order valence-electron chi connectivity index (χ1n) is 9.71. The van der Waals surface area contributed by atoms with E-state index in [1.165, 1.54) is 11.1 Å². The fourth-order valence-corrected chi connectivity index (χ4v) is 3.51. The highest BCUT2D eigenvalue weighted by Crippen LogP contribution is 2.19. The minimum absolute atomic E-state index is 0.0919. The molecule has 144 valence electrons. The summed E-state index contributed by atoms with van der Waals surface area (Å²) in [6.07, 6.45) is 1.51. The molecule has 0 saturated carbocycles. The maximum atomic E-state index is 12.9. The van der Waals surface area contributed by atoms with Gasteiger partial charge in [-0.25, -0.2) is 4.79 Å². The van der Waals surface area contributed by atoms with Crippen LogP contribution in [0.3, 0.4) is 0 Å². The molecular formula is C23H30N2O2. The molecule has 0 spiro atoms. The molecular weight excluding hydrogens is 336 g/mol. The van der Waals surface area contributed by atoms with Gasteiger partial charge in [0.25, 0.3) is 0 Å². The van der Waals surface area contributed by atoms with Crippen molar-refractivity contribution in [3.05, 3.63) is 71.8 Å². The van der Waals surface area contributed by atoms with E-state index in [0.717, 1.165) is 19.4 Å². The van der Waals surface area contributed by atoms with Crippen molar-refractivity contribution in [1.82, 2.24) is 10.2 Å². The van der Waals surface area contributed by atoms with Gasteiger partial charge in [-0.3, -0.25) is 0 Å². The standard InChI is InChI=1S/C23H30N2O2/c1-23(2,3)27-22(26)25-17-20(14-18-10-6-4-7-11-18)24-16-21(25)15-19-12-8-5-9-13-19/h4-13,20-21,24H,14-17H2,1-3H3/t20-,21+/m0/s1. The summed E-state index contributed by atoms with van der Waals surface area (Å²) in [4.78, 5) is 14.8. The fraction of sp³-hybridized carbons (Fsp3) is 0.435. The Labute approximate surface area is 162 Å². The molecule has 0 radical (unpaired) electrons. The number of amides is 1. The van der Waals surface area contributed by atoms with Gasteiger partial charge in [0.2, 0.25) is 0 Å². The third-order valence-corrected chi connectivity index (χ3v) is 4.77. The van der Waals surface area contributed by atoms with Crippen LogP contribution >= 0.6 is 0 Å². The SMILES string of the molecule is CC(C)(C)OC(=O)N1C[C@H](Cc2ccccc2)NC[C@H]1Cc1ccccc1. The number of nitrogens with one attached hydrogen (secondary N) is 1. The molecule has 4 nitrogen and oxygen atoms in total. The van der Waals surface area contributed by atoms with Crippen molar-refractivity contribution in [2.45, 2.75) is 51.3 Å². The van der Waals surface area contributed by atoms with Gasteiger partial charge in [0, 0.05) is 19.1 Å². The highest BCUT2D eigenvalue weighted by molar-refractivity contribution is 5.69. The number of nitrogens with zero attached hydrogens (tertiary/aromatic N) is 1. The summed E-state index contributed by atoms with van der Waals surface area (Å²) >= 11 is 0. The van der Waals surface area contributed by atoms with E-state index in [-0.39, 0.29) is 18.2 Å². The van der Waals surface area contributed by atoms with Crippen LogP contribution in [-0.4, -0.2) is 41.8 Å². The highest BCUT2D eigenvalue weighted by Gasteiger charge is 2.34. The Morgan fingerprint density at radius 2 is 1.56 bits per heavy atom. The topological polar surface area (TPSA) is 41.6 Å². The summed E-state index contributed by atoms with van der Waals surface area (Å²) in [7, 11) is 0. The number of carbonyl (C=O) groups excluding carboxylic acids is 1. The van der Waals surface area contributed by atoms with Crippen molar-refractivity contribution in [3.8, 4) is 0 Å². The zero-order valence-corrected chi connectivity index (χ0v) is 16.5. The van der Waals surface area contributed by atoms with Crippen molar-refractivity contribution < 1.29 is 9.53 Å².